The molecule has 0 bridgehead atoms. The van der Waals surface area contributed by atoms with Crippen LogP contribution in [0.15, 0.2) is 0 Å². The fraction of sp³-hybridized carbons (Fsp3) is 0.889. The summed E-state index contributed by atoms with van der Waals surface area (Å²) in [5, 5.41) is 6.23. The molecule has 1 fully saturated rings. The standard InChI is InChI=1S/C9H18N2O/c1-7(12)11-9-6-4-3-5-8(9)10-2/h8-10H,3-6H2,1-2H3,(H,11,12). The molecule has 1 amide bonds. The molecule has 3 heteroatoms. The van der Waals surface area contributed by atoms with Crippen LogP contribution in [0.25, 0.3) is 0 Å². The summed E-state index contributed by atoms with van der Waals surface area (Å²) in [7, 11) is 1.96. The summed E-state index contributed by atoms with van der Waals surface area (Å²) in [5.41, 5.74) is 0. The van der Waals surface area contributed by atoms with Crippen molar-refractivity contribution < 1.29 is 4.79 Å². The normalized spacial score (nSPS) is 29.8. The molecule has 1 aliphatic carbocycles. The average Bonchev–Trinajstić information content (AvgIpc) is 2.04. The molecule has 0 aromatic carbocycles. The summed E-state index contributed by atoms with van der Waals surface area (Å²) in [6.45, 7) is 1.58. The Morgan fingerprint density at radius 3 is 2.33 bits per heavy atom. The van der Waals surface area contributed by atoms with E-state index in [2.05, 4.69) is 10.6 Å². The molecular formula is C9H18N2O. The Bertz CT molecular complexity index is 159. The van der Waals surface area contributed by atoms with Crippen molar-refractivity contribution in [3.63, 3.8) is 0 Å². The number of carbonyl (C=O) groups excluding carboxylic acids is 1. The topological polar surface area (TPSA) is 41.1 Å². The van der Waals surface area contributed by atoms with Crippen LogP contribution in [0.3, 0.4) is 0 Å². The monoisotopic (exact) mass is 170 g/mol. The minimum Gasteiger partial charge on any atom is -0.352 e. The van der Waals surface area contributed by atoms with E-state index in [1.54, 1.807) is 6.92 Å². The molecule has 1 aliphatic rings. The number of nitrogens with one attached hydrogen (secondary N) is 2. The summed E-state index contributed by atoms with van der Waals surface area (Å²) in [6.07, 6.45) is 4.82. The molecular weight excluding hydrogens is 152 g/mol. The minimum atomic E-state index is 0.0853. The van der Waals surface area contributed by atoms with Crippen LogP contribution < -0.4 is 10.6 Å². The Labute approximate surface area is 73.9 Å². The first-order valence-electron chi connectivity index (χ1n) is 4.68. The lowest BCUT2D eigenvalue weighted by atomic mass is 9.90. The number of likely N-dealkylation sites (N-methyl/N-ethyl adjacent to an activating group) is 1. The van der Waals surface area contributed by atoms with E-state index in [4.69, 9.17) is 0 Å². The number of rotatable bonds is 2. The number of amides is 1. The predicted molar refractivity (Wildman–Crippen MR) is 48.9 cm³/mol. The van der Waals surface area contributed by atoms with Crippen molar-refractivity contribution in [3.05, 3.63) is 0 Å². The number of carbonyl (C=O) groups is 1. The van der Waals surface area contributed by atoms with Crippen molar-refractivity contribution >= 4 is 5.91 Å². The van der Waals surface area contributed by atoms with Crippen molar-refractivity contribution in [3.8, 4) is 0 Å². The van der Waals surface area contributed by atoms with E-state index in [0.29, 0.717) is 12.1 Å². The lowest BCUT2D eigenvalue weighted by molar-refractivity contribution is -0.120. The molecule has 1 saturated carbocycles. The smallest absolute Gasteiger partial charge is 0.217 e. The van der Waals surface area contributed by atoms with E-state index >= 15 is 0 Å². The lowest BCUT2D eigenvalue weighted by Gasteiger charge is -2.31. The highest BCUT2D eigenvalue weighted by molar-refractivity contribution is 5.73. The summed E-state index contributed by atoms with van der Waals surface area (Å²) in [6, 6.07) is 0.823. The molecule has 2 unspecified atom stereocenters. The van der Waals surface area contributed by atoms with Gasteiger partial charge in [-0.15, -0.1) is 0 Å². The van der Waals surface area contributed by atoms with Crippen molar-refractivity contribution in [2.45, 2.75) is 44.7 Å². The van der Waals surface area contributed by atoms with Gasteiger partial charge in [0.25, 0.3) is 0 Å². The van der Waals surface area contributed by atoms with Gasteiger partial charge in [0, 0.05) is 19.0 Å². The van der Waals surface area contributed by atoms with Gasteiger partial charge < -0.3 is 10.6 Å². The zero-order valence-corrected chi connectivity index (χ0v) is 7.89. The van der Waals surface area contributed by atoms with Gasteiger partial charge in [0.1, 0.15) is 0 Å². The first kappa shape index (κ1) is 9.52. The highest BCUT2D eigenvalue weighted by Crippen LogP contribution is 2.17. The first-order valence-corrected chi connectivity index (χ1v) is 4.68. The zero-order valence-electron chi connectivity index (χ0n) is 7.89. The van der Waals surface area contributed by atoms with Crippen molar-refractivity contribution in [2.24, 2.45) is 0 Å². The molecule has 0 heterocycles. The minimum absolute atomic E-state index is 0.0853. The highest BCUT2D eigenvalue weighted by atomic mass is 16.1. The third-order valence-corrected chi connectivity index (χ3v) is 2.53. The summed E-state index contributed by atoms with van der Waals surface area (Å²) in [4.78, 5) is 10.8. The molecule has 0 saturated heterocycles. The molecule has 2 N–H and O–H groups in total. The second-order valence-electron chi connectivity index (χ2n) is 3.49. The van der Waals surface area contributed by atoms with Gasteiger partial charge in [-0.25, -0.2) is 0 Å². The van der Waals surface area contributed by atoms with Crippen LogP contribution in [0.1, 0.15) is 32.6 Å². The summed E-state index contributed by atoms with van der Waals surface area (Å²) < 4.78 is 0. The van der Waals surface area contributed by atoms with E-state index in [-0.39, 0.29) is 5.91 Å². The molecule has 0 aliphatic heterocycles. The second-order valence-corrected chi connectivity index (χ2v) is 3.49. The van der Waals surface area contributed by atoms with Crippen molar-refractivity contribution in [1.82, 2.24) is 10.6 Å². The lowest BCUT2D eigenvalue weighted by Crippen LogP contribution is -2.49. The van der Waals surface area contributed by atoms with E-state index in [1.165, 1.54) is 19.3 Å². The molecule has 2 atom stereocenters. The Kier molecular flexibility index (Phi) is 3.53. The SMILES string of the molecule is CNC1CCCCC1NC(C)=O. The highest BCUT2D eigenvalue weighted by Gasteiger charge is 2.23. The fourth-order valence-electron chi connectivity index (χ4n) is 1.91. The van der Waals surface area contributed by atoms with Gasteiger partial charge in [0.2, 0.25) is 5.91 Å². The molecule has 0 radical (unpaired) electrons. The maximum absolute atomic E-state index is 10.8. The average molecular weight is 170 g/mol. The van der Waals surface area contributed by atoms with Crippen molar-refractivity contribution in [2.75, 3.05) is 7.05 Å². The van der Waals surface area contributed by atoms with E-state index in [9.17, 15) is 4.79 Å². The van der Waals surface area contributed by atoms with E-state index in [1.807, 2.05) is 7.05 Å². The van der Waals surface area contributed by atoms with Gasteiger partial charge in [0.15, 0.2) is 0 Å². The molecule has 0 aromatic heterocycles. The maximum Gasteiger partial charge on any atom is 0.217 e. The van der Waals surface area contributed by atoms with Gasteiger partial charge in [-0.1, -0.05) is 12.8 Å². The summed E-state index contributed by atoms with van der Waals surface area (Å²) >= 11 is 0. The maximum atomic E-state index is 10.8. The van der Waals surface area contributed by atoms with E-state index in [0.717, 1.165) is 6.42 Å². The Morgan fingerprint density at radius 1 is 1.25 bits per heavy atom. The Morgan fingerprint density at radius 2 is 1.83 bits per heavy atom. The molecule has 0 spiro atoms. The van der Waals surface area contributed by atoms with Crippen LogP contribution in [-0.2, 0) is 4.79 Å². The van der Waals surface area contributed by atoms with Gasteiger partial charge in [0.05, 0.1) is 0 Å². The number of hydrogen-bond acceptors (Lipinski definition) is 2. The van der Waals surface area contributed by atoms with E-state index < -0.39 is 0 Å². The van der Waals surface area contributed by atoms with Gasteiger partial charge >= 0.3 is 0 Å². The Balaban J connectivity index is 2.41. The molecule has 1 rings (SSSR count). The molecule has 12 heavy (non-hydrogen) atoms. The fourth-order valence-corrected chi connectivity index (χ4v) is 1.91. The van der Waals surface area contributed by atoms with Gasteiger partial charge in [-0.2, -0.15) is 0 Å². The number of hydrogen-bond donors (Lipinski definition) is 2. The summed E-state index contributed by atoms with van der Waals surface area (Å²) in [5.74, 6) is 0.0853. The zero-order chi connectivity index (χ0) is 8.97. The van der Waals surface area contributed by atoms with Crippen molar-refractivity contribution in [1.29, 1.82) is 0 Å². The van der Waals surface area contributed by atoms with Crippen LogP contribution in [0.2, 0.25) is 0 Å². The molecule has 0 aromatic rings. The third-order valence-electron chi connectivity index (χ3n) is 2.53. The third kappa shape index (κ3) is 2.48. The van der Waals surface area contributed by atoms with Crippen LogP contribution in [-0.4, -0.2) is 25.0 Å². The quantitative estimate of drug-likeness (QED) is 0.639. The van der Waals surface area contributed by atoms with Crippen LogP contribution >= 0.6 is 0 Å². The van der Waals surface area contributed by atoms with Crippen LogP contribution in [0.5, 0.6) is 0 Å². The van der Waals surface area contributed by atoms with Crippen LogP contribution in [0.4, 0.5) is 0 Å². The second kappa shape index (κ2) is 4.45. The van der Waals surface area contributed by atoms with Gasteiger partial charge in [-0.3, -0.25) is 4.79 Å². The predicted octanol–water partition coefficient (Wildman–Crippen LogP) is 0.653. The molecule has 70 valence electrons. The van der Waals surface area contributed by atoms with Crippen LogP contribution in [0, 0.1) is 0 Å². The van der Waals surface area contributed by atoms with Gasteiger partial charge in [-0.05, 0) is 19.9 Å². The molecule has 3 nitrogen and oxygen atoms in total. The Hall–Kier alpha value is -0.570. The largest absolute Gasteiger partial charge is 0.352 e. The first-order chi connectivity index (χ1) is 5.74.